The smallest absolute Gasteiger partial charge is 0.261 e. The number of ether oxygens (including phenoxy) is 2. The minimum atomic E-state index is -2.85. The van der Waals surface area contributed by atoms with Gasteiger partial charge in [0.2, 0.25) is 0 Å². The molecule has 4 unspecified atom stereocenters. The van der Waals surface area contributed by atoms with Gasteiger partial charge in [-0.25, -0.2) is 0 Å². The van der Waals surface area contributed by atoms with E-state index in [1.165, 1.54) is 10.4 Å². The summed E-state index contributed by atoms with van der Waals surface area (Å²) in [5.41, 5.74) is 2.27. The van der Waals surface area contributed by atoms with E-state index in [-0.39, 0.29) is 28.8 Å². The lowest BCUT2D eigenvalue weighted by Crippen LogP contribution is -2.73. The average Bonchev–Trinajstić information content (AvgIpc) is 3.12. The summed E-state index contributed by atoms with van der Waals surface area (Å²) in [5, 5.41) is 2.50. The number of rotatable bonds is 12. The van der Waals surface area contributed by atoms with E-state index in [2.05, 4.69) is 192 Å². The maximum Gasteiger partial charge on any atom is 0.261 e. The van der Waals surface area contributed by atoms with Gasteiger partial charge in [0.15, 0.2) is 0 Å². The number of benzene rings is 5. The molecule has 2 bridgehead atoms. The molecule has 2 saturated heterocycles. The van der Waals surface area contributed by atoms with Crippen molar-refractivity contribution in [3.8, 4) is 0 Å². The van der Waals surface area contributed by atoms with Crippen molar-refractivity contribution >= 4 is 26.8 Å². The molecule has 8 rings (SSSR count). The first kappa shape index (κ1) is 35.8. The molecule has 264 valence electrons. The van der Waals surface area contributed by atoms with Crippen LogP contribution in [0, 0.1) is 5.92 Å². The molecule has 51 heavy (non-hydrogen) atoms. The van der Waals surface area contributed by atoms with Crippen molar-refractivity contribution in [3.63, 3.8) is 0 Å². The highest BCUT2D eigenvalue weighted by atomic mass is 28.4. The van der Waals surface area contributed by atoms with E-state index in [4.69, 9.17) is 13.9 Å². The Balaban J connectivity index is 1.38. The van der Waals surface area contributed by atoms with Gasteiger partial charge in [0.1, 0.15) is 5.60 Å². The van der Waals surface area contributed by atoms with Crippen LogP contribution in [0.4, 0.5) is 0 Å². The molecular weight excluding hydrogens is 657 g/mol. The Morgan fingerprint density at radius 3 is 1.39 bits per heavy atom. The predicted molar refractivity (Wildman–Crippen MR) is 216 cm³/mol. The van der Waals surface area contributed by atoms with E-state index in [1.54, 1.807) is 0 Å². The number of hydrogen-bond donors (Lipinski definition) is 0. The van der Waals surface area contributed by atoms with Gasteiger partial charge in [0.25, 0.3) is 8.32 Å². The lowest BCUT2D eigenvalue weighted by molar-refractivity contribution is -0.290. The summed E-state index contributed by atoms with van der Waals surface area (Å²) in [6, 6.07) is 55.6. The predicted octanol–water partition coefficient (Wildman–Crippen LogP) is 9.83. The van der Waals surface area contributed by atoms with Crippen molar-refractivity contribution in [3.05, 3.63) is 168 Å². The van der Waals surface area contributed by atoms with Gasteiger partial charge in [-0.05, 0) is 44.6 Å². The van der Waals surface area contributed by atoms with Gasteiger partial charge in [0, 0.05) is 20.4 Å². The van der Waals surface area contributed by atoms with Crippen LogP contribution in [-0.4, -0.2) is 40.8 Å². The van der Waals surface area contributed by atoms with Crippen molar-refractivity contribution in [2.45, 2.75) is 87.7 Å². The van der Waals surface area contributed by atoms with E-state index in [1.807, 2.05) is 0 Å². The summed E-state index contributed by atoms with van der Waals surface area (Å²) in [6.45, 7) is 15.1. The summed E-state index contributed by atoms with van der Waals surface area (Å²) in [7, 11) is -4.41. The highest BCUT2D eigenvalue weighted by Crippen LogP contribution is 2.55. The molecule has 3 fully saturated rings. The van der Waals surface area contributed by atoms with Crippen LogP contribution in [0.5, 0.6) is 0 Å². The van der Waals surface area contributed by atoms with Crippen LogP contribution >= 0.6 is 0 Å². The lowest BCUT2D eigenvalue weighted by Gasteiger charge is -2.62. The van der Waals surface area contributed by atoms with Crippen LogP contribution in [0.1, 0.15) is 50.3 Å². The minimum Gasteiger partial charge on any atom is -0.404 e. The highest BCUT2D eigenvalue weighted by molar-refractivity contribution is 6.99. The molecule has 1 saturated carbocycles. The van der Waals surface area contributed by atoms with Crippen molar-refractivity contribution in [2.24, 2.45) is 5.92 Å². The molecule has 1 aliphatic carbocycles. The van der Waals surface area contributed by atoms with Crippen LogP contribution in [0.15, 0.2) is 152 Å². The zero-order valence-electron chi connectivity index (χ0n) is 31.2. The fraction of sp³-hybridized carbons (Fsp3) is 0.348. The first-order valence-electron chi connectivity index (χ1n) is 18.7. The van der Waals surface area contributed by atoms with E-state index in [0.717, 1.165) is 35.6 Å². The first-order chi connectivity index (χ1) is 24.5. The summed E-state index contributed by atoms with van der Waals surface area (Å²) < 4.78 is 22.8. The van der Waals surface area contributed by atoms with Crippen molar-refractivity contribution in [2.75, 3.05) is 6.61 Å². The molecule has 4 atom stereocenters. The fourth-order valence-electron chi connectivity index (χ4n) is 9.27. The molecular formula is C46H54O3Si2. The van der Waals surface area contributed by atoms with E-state index in [0.29, 0.717) is 6.61 Å². The summed E-state index contributed by atoms with van der Waals surface area (Å²) in [6.07, 6.45) is 2.13. The van der Waals surface area contributed by atoms with Crippen LogP contribution in [0.3, 0.4) is 0 Å². The molecule has 0 amide bonds. The molecule has 2 aliphatic heterocycles. The number of fused-ring (bicyclic) bond motifs is 2. The van der Waals surface area contributed by atoms with Crippen LogP contribution in [0.2, 0.25) is 30.7 Å². The van der Waals surface area contributed by atoms with E-state index >= 15 is 0 Å². The van der Waals surface area contributed by atoms with Crippen molar-refractivity contribution in [1.29, 1.82) is 0 Å². The summed E-state index contributed by atoms with van der Waals surface area (Å²) in [4.78, 5) is 0. The Bertz CT molecular complexity index is 1710. The molecule has 5 heteroatoms. The molecule has 0 spiro atoms. The van der Waals surface area contributed by atoms with E-state index in [9.17, 15) is 0 Å². The topological polar surface area (TPSA) is 27.7 Å². The van der Waals surface area contributed by atoms with Gasteiger partial charge < -0.3 is 13.9 Å². The molecule has 0 aromatic heterocycles. The van der Waals surface area contributed by atoms with Gasteiger partial charge in [-0.1, -0.05) is 192 Å². The molecule has 0 N–H and O–H groups in total. The Morgan fingerprint density at radius 2 is 1.02 bits per heavy atom. The highest BCUT2D eigenvalue weighted by Gasteiger charge is 2.63. The lowest BCUT2D eigenvalue weighted by atomic mass is 9.68. The fourth-order valence-corrected chi connectivity index (χ4v) is 16.3. The summed E-state index contributed by atoms with van der Waals surface area (Å²) in [5.74, 6) is 0.0476. The molecule has 3 nitrogen and oxygen atoms in total. The SMILES string of the molecule is CC(C)(C)[Si](OC1CC2CC(C[Si](C)(C)C)(O2)C1COC(c1ccccc1)(c1ccccc1)c1ccccc1)(c1ccccc1)c1ccccc1. The first-order valence-corrected chi connectivity index (χ1v) is 24.4. The van der Waals surface area contributed by atoms with Crippen molar-refractivity contribution < 1.29 is 13.9 Å². The van der Waals surface area contributed by atoms with Gasteiger partial charge in [-0.3, -0.25) is 0 Å². The van der Waals surface area contributed by atoms with Gasteiger partial charge >= 0.3 is 0 Å². The van der Waals surface area contributed by atoms with Gasteiger partial charge in [-0.2, -0.15) is 0 Å². The Labute approximate surface area is 308 Å². The minimum absolute atomic E-state index is 0.0276. The van der Waals surface area contributed by atoms with Gasteiger partial charge in [-0.15, -0.1) is 0 Å². The Kier molecular flexibility index (Phi) is 9.89. The normalized spacial score (nSPS) is 22.3. The number of hydrogen-bond acceptors (Lipinski definition) is 3. The molecule has 2 heterocycles. The van der Waals surface area contributed by atoms with Crippen LogP contribution in [-0.2, 0) is 19.5 Å². The summed E-state index contributed by atoms with van der Waals surface area (Å²) >= 11 is 0. The largest absolute Gasteiger partial charge is 0.404 e. The maximum atomic E-state index is 8.05. The zero-order chi connectivity index (χ0) is 35.7. The second kappa shape index (κ2) is 14.1. The Morgan fingerprint density at radius 1 is 0.627 bits per heavy atom. The van der Waals surface area contributed by atoms with Crippen molar-refractivity contribution in [1.82, 2.24) is 0 Å². The second-order valence-electron chi connectivity index (χ2n) is 17.0. The maximum absolute atomic E-state index is 8.05. The second-order valence-corrected chi connectivity index (χ2v) is 26.7. The standard InChI is InChI=1S/C46H54O3Si2/c1-44(2,3)51(40-28-18-10-19-29-40,41-30-20-11-21-31-41)49-43-32-39-33-45(48-39,35-50(4,5)6)42(43)34-47-46(36-22-12-7-13-23-36,37-24-14-8-15-25-37)38-26-16-9-17-27-38/h7-31,39,42-43H,32-35H2,1-6H3. The monoisotopic (exact) mass is 710 g/mol. The van der Waals surface area contributed by atoms with Crippen LogP contribution in [0.25, 0.3) is 0 Å². The third-order valence-electron chi connectivity index (χ3n) is 11.2. The molecule has 5 aromatic carbocycles. The third-order valence-corrected chi connectivity index (χ3v) is 17.9. The Hall–Kier alpha value is -3.59. The zero-order valence-corrected chi connectivity index (χ0v) is 33.2. The van der Waals surface area contributed by atoms with E-state index < -0.39 is 22.0 Å². The molecule has 5 aromatic rings. The van der Waals surface area contributed by atoms with Crippen LogP contribution < -0.4 is 10.4 Å². The molecule has 0 radical (unpaired) electrons. The molecule has 3 aliphatic rings. The quantitative estimate of drug-likeness (QED) is 0.0954. The van der Waals surface area contributed by atoms with Gasteiger partial charge in [0.05, 0.1) is 24.4 Å². The third kappa shape index (κ3) is 6.76. The average molecular weight is 711 g/mol.